The summed E-state index contributed by atoms with van der Waals surface area (Å²) in [6, 6.07) is 0. The first kappa shape index (κ1) is 34.0. The molecule has 0 aliphatic rings. The molecule has 0 atom stereocenters. The van der Waals surface area contributed by atoms with Crippen LogP contribution in [-0.2, 0) is 13.2 Å². The predicted molar refractivity (Wildman–Crippen MR) is 156 cm³/mol. The standard InChI is InChI=1S/C26H61O4P3/c1-9-15-21-32(7,22-16-10-2,23-17-11-3)29-31(27,28)30-33(8,24-18-12-4,25-19-13-5)26-20-14-6/h9-26H2,1-8H3,(H,27,28). The van der Waals surface area contributed by atoms with E-state index >= 15 is 0 Å². The molecule has 0 rings (SSSR count). The third kappa shape index (κ3) is 12.2. The van der Waals surface area contributed by atoms with Crippen molar-refractivity contribution >= 4 is 21.5 Å². The monoisotopic (exact) mass is 530 g/mol. The minimum absolute atomic E-state index is 0.939. The van der Waals surface area contributed by atoms with E-state index in [0.29, 0.717) is 0 Å². The second kappa shape index (κ2) is 15.3. The number of phosphoric acid groups is 1. The molecular formula is C26H61O4P3. The summed E-state index contributed by atoms with van der Waals surface area (Å²) in [6.45, 7) is 12.1. The summed E-state index contributed by atoms with van der Waals surface area (Å²) in [6.07, 6.45) is 18.5. The Balaban J connectivity index is 6.29. The zero-order chi connectivity index (χ0) is 25.5. The number of unbranched alkanes of at least 4 members (excludes halogenated alkanes) is 6. The minimum atomic E-state index is -4.19. The van der Waals surface area contributed by atoms with Crippen molar-refractivity contribution < 1.29 is 18.1 Å². The van der Waals surface area contributed by atoms with E-state index < -0.39 is 21.5 Å². The molecule has 204 valence electrons. The summed E-state index contributed by atoms with van der Waals surface area (Å²) in [4.78, 5) is 11.5. The van der Waals surface area contributed by atoms with Crippen molar-refractivity contribution in [2.24, 2.45) is 0 Å². The summed E-state index contributed by atoms with van der Waals surface area (Å²) < 4.78 is 27.3. The van der Waals surface area contributed by atoms with E-state index in [0.717, 1.165) is 114 Å². The van der Waals surface area contributed by atoms with Gasteiger partial charge in [-0.15, -0.1) is 0 Å². The van der Waals surface area contributed by atoms with E-state index in [9.17, 15) is 9.46 Å². The molecule has 1 N–H and O–H groups in total. The molecule has 0 aliphatic carbocycles. The number of rotatable bonds is 22. The second-order valence-corrected chi connectivity index (χ2v) is 25.2. The van der Waals surface area contributed by atoms with Crippen LogP contribution in [0.3, 0.4) is 0 Å². The van der Waals surface area contributed by atoms with Crippen LogP contribution >= 0.6 is 21.5 Å². The fraction of sp³-hybridized carbons (Fsp3) is 1.00. The van der Waals surface area contributed by atoms with E-state index in [-0.39, 0.29) is 0 Å². The quantitative estimate of drug-likeness (QED) is 0.141. The van der Waals surface area contributed by atoms with E-state index in [4.69, 9.17) is 8.62 Å². The summed E-state index contributed by atoms with van der Waals surface area (Å²) >= 11 is 0. The van der Waals surface area contributed by atoms with Crippen LogP contribution in [0.5, 0.6) is 0 Å². The fourth-order valence-corrected chi connectivity index (χ4v) is 21.3. The summed E-state index contributed by atoms with van der Waals surface area (Å²) in [5.41, 5.74) is 0. The number of hydrogen-bond acceptors (Lipinski definition) is 3. The Morgan fingerprint density at radius 3 is 0.848 bits per heavy atom. The van der Waals surface area contributed by atoms with Crippen molar-refractivity contribution in [3.63, 3.8) is 0 Å². The Labute approximate surface area is 208 Å². The fourth-order valence-electron chi connectivity index (χ4n) is 5.20. The average Bonchev–Trinajstić information content (AvgIpc) is 2.76. The maximum atomic E-state index is 14.0. The molecule has 0 saturated heterocycles. The van der Waals surface area contributed by atoms with E-state index in [1.165, 1.54) is 0 Å². The van der Waals surface area contributed by atoms with Crippen LogP contribution in [0.2, 0.25) is 0 Å². The van der Waals surface area contributed by atoms with Crippen molar-refractivity contribution in [3.8, 4) is 0 Å². The Morgan fingerprint density at radius 2 is 0.697 bits per heavy atom. The van der Waals surface area contributed by atoms with Crippen LogP contribution in [0, 0.1) is 0 Å². The van der Waals surface area contributed by atoms with Gasteiger partial charge in [0.25, 0.3) is 0 Å². The molecule has 4 nitrogen and oxygen atoms in total. The van der Waals surface area contributed by atoms with Gasteiger partial charge in [0.15, 0.2) is 0 Å². The van der Waals surface area contributed by atoms with Gasteiger partial charge in [0.1, 0.15) is 0 Å². The van der Waals surface area contributed by atoms with Gasteiger partial charge >= 0.3 is 208 Å². The summed E-state index contributed by atoms with van der Waals surface area (Å²) in [7, 11) is -4.19. The van der Waals surface area contributed by atoms with Crippen LogP contribution < -0.4 is 0 Å². The van der Waals surface area contributed by atoms with Crippen LogP contribution in [0.25, 0.3) is 0 Å². The zero-order valence-corrected chi connectivity index (χ0v) is 26.4. The van der Waals surface area contributed by atoms with E-state index in [1.54, 1.807) is 0 Å². The molecule has 0 spiro atoms. The Kier molecular flexibility index (Phi) is 15.7. The third-order valence-corrected chi connectivity index (χ3v) is 22.8. The van der Waals surface area contributed by atoms with Crippen LogP contribution in [-0.4, -0.2) is 55.2 Å². The van der Waals surface area contributed by atoms with Crippen molar-refractivity contribution in [2.75, 3.05) is 50.3 Å². The molecule has 7 heteroatoms. The molecule has 0 radical (unpaired) electrons. The molecule has 0 heterocycles. The topological polar surface area (TPSA) is 55.8 Å². The Morgan fingerprint density at radius 1 is 0.515 bits per heavy atom. The van der Waals surface area contributed by atoms with Gasteiger partial charge in [0.05, 0.1) is 0 Å². The van der Waals surface area contributed by atoms with Gasteiger partial charge in [-0.25, -0.2) is 0 Å². The van der Waals surface area contributed by atoms with E-state index in [2.05, 4.69) is 54.9 Å². The number of hydrogen-bond donors (Lipinski definition) is 1. The molecule has 0 bridgehead atoms. The van der Waals surface area contributed by atoms with Gasteiger partial charge in [-0.3, -0.25) is 0 Å². The molecule has 0 aliphatic heterocycles. The van der Waals surface area contributed by atoms with Gasteiger partial charge in [0, 0.05) is 0 Å². The predicted octanol–water partition coefficient (Wildman–Crippen LogP) is 10.1. The van der Waals surface area contributed by atoms with Gasteiger partial charge in [-0.1, -0.05) is 0 Å². The average molecular weight is 531 g/mol. The third-order valence-electron chi connectivity index (χ3n) is 7.57. The Bertz CT molecular complexity index is 487. The molecular weight excluding hydrogens is 469 g/mol. The molecule has 0 fully saturated rings. The van der Waals surface area contributed by atoms with Crippen LogP contribution in [0.1, 0.15) is 119 Å². The first-order valence-corrected chi connectivity index (χ1v) is 22.0. The molecule has 0 aromatic carbocycles. The Hall–Kier alpha value is 0.970. The first-order chi connectivity index (χ1) is 15.4. The zero-order valence-electron chi connectivity index (χ0n) is 23.7. The van der Waals surface area contributed by atoms with Crippen LogP contribution in [0.4, 0.5) is 0 Å². The van der Waals surface area contributed by atoms with Crippen molar-refractivity contribution in [1.29, 1.82) is 0 Å². The summed E-state index contributed by atoms with van der Waals surface area (Å²) in [5, 5.41) is 0. The van der Waals surface area contributed by atoms with Gasteiger partial charge in [-0.05, 0) is 0 Å². The van der Waals surface area contributed by atoms with E-state index in [1.807, 2.05) is 0 Å². The van der Waals surface area contributed by atoms with Crippen molar-refractivity contribution in [1.82, 2.24) is 0 Å². The van der Waals surface area contributed by atoms with Gasteiger partial charge in [0.2, 0.25) is 0 Å². The van der Waals surface area contributed by atoms with Crippen LogP contribution in [0.15, 0.2) is 0 Å². The normalized spacial score (nSPS) is 17.1. The molecule has 0 aromatic heterocycles. The maximum absolute atomic E-state index is 14.0. The second-order valence-electron chi connectivity index (χ2n) is 11.5. The summed E-state index contributed by atoms with van der Waals surface area (Å²) in [5.74, 6) is 0. The molecule has 0 unspecified atom stereocenters. The van der Waals surface area contributed by atoms with Gasteiger partial charge in [-0.2, -0.15) is 0 Å². The van der Waals surface area contributed by atoms with Crippen molar-refractivity contribution in [2.45, 2.75) is 119 Å². The van der Waals surface area contributed by atoms with Crippen molar-refractivity contribution in [3.05, 3.63) is 0 Å². The first-order valence-electron chi connectivity index (χ1n) is 14.1. The SMILES string of the molecule is CCCCP(C)(CCCC)(CCCC)OP(=O)(O)OP(C)(CCCC)(CCCC)CCCC. The van der Waals surface area contributed by atoms with Gasteiger partial charge < -0.3 is 0 Å². The molecule has 0 saturated carbocycles. The molecule has 33 heavy (non-hydrogen) atoms. The molecule has 0 amide bonds. The molecule has 0 aromatic rings.